The molecule has 1 aromatic heterocycles. The van der Waals surface area contributed by atoms with E-state index in [4.69, 9.17) is 11.5 Å². The van der Waals surface area contributed by atoms with Gasteiger partial charge in [0.05, 0.1) is 32.6 Å². The van der Waals surface area contributed by atoms with E-state index in [1.165, 1.54) is 24.4 Å². The van der Waals surface area contributed by atoms with Crippen LogP contribution >= 0.6 is 0 Å². The molecule has 0 aliphatic heterocycles. The second-order valence-corrected chi connectivity index (χ2v) is 3.54. The molecule has 0 fully saturated rings. The molecule has 1 heterocycles. The SMILES string of the molecule is COC(=O)c1cncc(N(CC(N)=O)CC(N)=O)n1. The number of aromatic nitrogens is 2. The fraction of sp³-hybridized carbons (Fsp3) is 0.300. The van der Waals surface area contributed by atoms with Crippen molar-refractivity contribution < 1.29 is 19.1 Å². The highest BCUT2D eigenvalue weighted by Crippen LogP contribution is 2.09. The number of rotatable bonds is 6. The predicted octanol–water partition coefficient (Wildman–Crippen LogP) is -1.96. The lowest BCUT2D eigenvalue weighted by atomic mass is 10.4. The Kier molecular flexibility index (Phi) is 4.75. The summed E-state index contributed by atoms with van der Waals surface area (Å²) in [5.74, 6) is -1.91. The van der Waals surface area contributed by atoms with Gasteiger partial charge in [-0.15, -0.1) is 0 Å². The Balaban J connectivity index is 3.04. The molecule has 0 spiro atoms. The molecule has 9 heteroatoms. The number of carbonyl (C=O) groups is 3. The van der Waals surface area contributed by atoms with E-state index in [0.717, 1.165) is 0 Å². The molecule has 1 rings (SSSR count). The quantitative estimate of drug-likeness (QED) is 0.570. The number of primary amides is 2. The van der Waals surface area contributed by atoms with Crippen LogP contribution in [0.2, 0.25) is 0 Å². The summed E-state index contributed by atoms with van der Waals surface area (Å²) in [5.41, 5.74) is 10.1. The summed E-state index contributed by atoms with van der Waals surface area (Å²) in [6.45, 7) is -0.551. The van der Waals surface area contributed by atoms with E-state index >= 15 is 0 Å². The van der Waals surface area contributed by atoms with E-state index in [1.54, 1.807) is 0 Å². The van der Waals surface area contributed by atoms with E-state index in [9.17, 15) is 14.4 Å². The smallest absolute Gasteiger partial charge is 0.358 e. The van der Waals surface area contributed by atoms with Crippen molar-refractivity contribution in [3.8, 4) is 0 Å². The van der Waals surface area contributed by atoms with Crippen LogP contribution in [0.25, 0.3) is 0 Å². The lowest BCUT2D eigenvalue weighted by Crippen LogP contribution is -2.40. The van der Waals surface area contributed by atoms with Gasteiger partial charge in [-0.2, -0.15) is 0 Å². The molecule has 0 unspecified atom stereocenters. The maximum atomic E-state index is 11.3. The highest BCUT2D eigenvalue weighted by atomic mass is 16.5. The first kappa shape index (κ1) is 14.4. The summed E-state index contributed by atoms with van der Waals surface area (Å²) in [6.07, 6.45) is 2.47. The molecular formula is C10H13N5O4. The molecule has 0 saturated heterocycles. The second-order valence-electron chi connectivity index (χ2n) is 3.54. The largest absolute Gasteiger partial charge is 0.464 e. The molecule has 0 aromatic carbocycles. The Bertz CT molecular complexity index is 488. The van der Waals surface area contributed by atoms with Gasteiger partial charge in [0, 0.05) is 0 Å². The number of carbonyl (C=O) groups excluding carboxylic acids is 3. The number of anilines is 1. The standard InChI is InChI=1S/C10H13N5O4/c1-19-10(18)6-2-13-3-9(14-6)15(4-7(11)16)5-8(12)17/h2-3H,4-5H2,1H3,(H2,11,16)(H2,12,17). The molecule has 0 aliphatic rings. The first-order chi connectivity index (χ1) is 8.93. The number of nitrogens with two attached hydrogens (primary N) is 2. The first-order valence-electron chi connectivity index (χ1n) is 5.16. The van der Waals surface area contributed by atoms with Gasteiger partial charge in [-0.3, -0.25) is 14.6 Å². The van der Waals surface area contributed by atoms with E-state index in [-0.39, 0.29) is 24.6 Å². The van der Waals surface area contributed by atoms with E-state index in [2.05, 4.69) is 14.7 Å². The average Bonchev–Trinajstić information content (AvgIpc) is 2.36. The first-order valence-corrected chi connectivity index (χ1v) is 5.16. The maximum absolute atomic E-state index is 11.3. The Labute approximate surface area is 108 Å². The zero-order valence-corrected chi connectivity index (χ0v) is 10.2. The number of hydrogen-bond acceptors (Lipinski definition) is 7. The third-order valence-corrected chi connectivity index (χ3v) is 2.03. The fourth-order valence-corrected chi connectivity index (χ4v) is 1.31. The van der Waals surface area contributed by atoms with Crippen LogP contribution in [0.1, 0.15) is 10.5 Å². The van der Waals surface area contributed by atoms with Gasteiger partial charge < -0.3 is 21.1 Å². The minimum Gasteiger partial charge on any atom is -0.464 e. The monoisotopic (exact) mass is 267 g/mol. The lowest BCUT2D eigenvalue weighted by molar-refractivity contribution is -0.117. The summed E-state index contributed by atoms with van der Waals surface area (Å²) in [7, 11) is 1.20. The molecule has 102 valence electrons. The third-order valence-electron chi connectivity index (χ3n) is 2.03. The van der Waals surface area contributed by atoms with Gasteiger partial charge in [-0.05, 0) is 0 Å². The second kappa shape index (κ2) is 6.28. The molecular weight excluding hydrogens is 254 g/mol. The number of hydrogen-bond donors (Lipinski definition) is 2. The van der Waals surface area contributed by atoms with Crippen LogP contribution in [-0.4, -0.2) is 48.0 Å². The van der Waals surface area contributed by atoms with E-state index in [0.29, 0.717) is 0 Å². The minimum absolute atomic E-state index is 0.0565. The van der Waals surface area contributed by atoms with Gasteiger partial charge in [0.15, 0.2) is 5.69 Å². The van der Waals surface area contributed by atoms with Crippen molar-refractivity contribution in [2.45, 2.75) is 0 Å². The van der Waals surface area contributed by atoms with Crippen LogP contribution in [0.4, 0.5) is 5.82 Å². The zero-order chi connectivity index (χ0) is 14.4. The summed E-state index contributed by atoms with van der Waals surface area (Å²) in [6, 6.07) is 0. The summed E-state index contributed by atoms with van der Waals surface area (Å²) >= 11 is 0. The minimum atomic E-state index is -0.688. The van der Waals surface area contributed by atoms with Crippen LogP contribution in [0.3, 0.4) is 0 Å². The molecule has 9 nitrogen and oxygen atoms in total. The highest BCUT2D eigenvalue weighted by Gasteiger charge is 2.16. The van der Waals surface area contributed by atoms with Crippen LogP contribution in [0.15, 0.2) is 12.4 Å². The van der Waals surface area contributed by atoms with Crippen molar-refractivity contribution in [2.24, 2.45) is 11.5 Å². The Morgan fingerprint density at radius 1 is 1.21 bits per heavy atom. The highest BCUT2D eigenvalue weighted by molar-refractivity contribution is 5.88. The summed E-state index contributed by atoms with van der Waals surface area (Å²) in [5, 5.41) is 0. The number of amides is 2. The van der Waals surface area contributed by atoms with E-state index in [1.807, 2.05) is 0 Å². The summed E-state index contributed by atoms with van der Waals surface area (Å²) < 4.78 is 4.49. The van der Waals surface area contributed by atoms with Crippen LogP contribution in [0, 0.1) is 0 Å². The zero-order valence-electron chi connectivity index (χ0n) is 10.2. The van der Waals surface area contributed by atoms with Gasteiger partial charge in [0.1, 0.15) is 5.82 Å². The molecule has 0 saturated carbocycles. The Morgan fingerprint density at radius 3 is 2.26 bits per heavy atom. The fourth-order valence-electron chi connectivity index (χ4n) is 1.31. The molecule has 4 N–H and O–H groups in total. The van der Waals surface area contributed by atoms with Crippen molar-refractivity contribution in [1.29, 1.82) is 0 Å². The number of esters is 1. The number of nitrogens with zero attached hydrogens (tertiary/aromatic N) is 3. The normalized spacial score (nSPS) is 9.74. The van der Waals surface area contributed by atoms with Gasteiger partial charge >= 0.3 is 5.97 Å². The average molecular weight is 267 g/mol. The predicted molar refractivity (Wildman–Crippen MR) is 64.0 cm³/mol. The van der Waals surface area contributed by atoms with Gasteiger partial charge in [0.25, 0.3) is 0 Å². The Morgan fingerprint density at radius 2 is 1.79 bits per heavy atom. The van der Waals surface area contributed by atoms with Crippen molar-refractivity contribution in [1.82, 2.24) is 9.97 Å². The van der Waals surface area contributed by atoms with E-state index < -0.39 is 17.8 Å². The Hall–Kier alpha value is -2.71. The van der Waals surface area contributed by atoms with Gasteiger partial charge in [0.2, 0.25) is 11.8 Å². The molecule has 2 amide bonds. The molecule has 1 aromatic rings. The topological polar surface area (TPSA) is 142 Å². The van der Waals surface area contributed by atoms with Gasteiger partial charge in [-0.25, -0.2) is 9.78 Å². The molecule has 19 heavy (non-hydrogen) atoms. The van der Waals surface area contributed by atoms with Crippen LogP contribution in [0.5, 0.6) is 0 Å². The maximum Gasteiger partial charge on any atom is 0.358 e. The van der Waals surface area contributed by atoms with Crippen LogP contribution < -0.4 is 16.4 Å². The van der Waals surface area contributed by atoms with Gasteiger partial charge in [-0.1, -0.05) is 0 Å². The van der Waals surface area contributed by atoms with Crippen molar-refractivity contribution in [2.75, 3.05) is 25.1 Å². The summed E-state index contributed by atoms with van der Waals surface area (Å²) in [4.78, 5) is 42.1. The van der Waals surface area contributed by atoms with Crippen molar-refractivity contribution >= 4 is 23.6 Å². The van der Waals surface area contributed by atoms with Crippen molar-refractivity contribution in [3.63, 3.8) is 0 Å². The molecule has 0 atom stereocenters. The van der Waals surface area contributed by atoms with Crippen molar-refractivity contribution in [3.05, 3.63) is 18.1 Å². The number of ether oxygens (including phenoxy) is 1. The molecule has 0 radical (unpaired) electrons. The molecule has 0 aliphatic carbocycles. The molecule has 0 bridgehead atoms. The third kappa shape index (κ3) is 4.22. The van der Waals surface area contributed by atoms with Crippen LogP contribution in [-0.2, 0) is 14.3 Å². The lowest BCUT2D eigenvalue weighted by Gasteiger charge is -2.20. The number of methoxy groups -OCH3 is 1.